The third-order valence-electron chi connectivity index (χ3n) is 2.75. The summed E-state index contributed by atoms with van der Waals surface area (Å²) in [5.41, 5.74) is 4.15. The first kappa shape index (κ1) is 18.2. The fourth-order valence-electron chi connectivity index (χ4n) is 1.73. The van der Waals surface area contributed by atoms with E-state index in [0.29, 0.717) is 17.4 Å². The molecule has 0 unspecified atom stereocenters. The molecule has 0 saturated carbocycles. The lowest BCUT2D eigenvalue weighted by Crippen LogP contribution is -2.12. The van der Waals surface area contributed by atoms with Crippen molar-refractivity contribution in [3.05, 3.63) is 60.6 Å². The van der Waals surface area contributed by atoms with Crippen molar-refractivity contribution < 1.29 is 9.53 Å². The van der Waals surface area contributed by atoms with Crippen LogP contribution in [0.1, 0.15) is 18.1 Å². The molecule has 2 aromatic carbocycles. The fourth-order valence-corrected chi connectivity index (χ4v) is 3.07. The standard InChI is InChI=1S/C16H13BrClIN2O2/c1-10(22)21-20-8-12-6-14(17)16(15(18)7-12)23-9-11-2-4-13(19)5-3-11/h2-8H,9H2,1H3,(H,21,22)/b20-8-. The van der Waals surface area contributed by atoms with Crippen LogP contribution in [0.3, 0.4) is 0 Å². The Bertz CT molecular complexity index is 712. The average molecular weight is 508 g/mol. The number of rotatable bonds is 5. The molecule has 1 amide bonds. The summed E-state index contributed by atoms with van der Waals surface area (Å²) < 4.78 is 7.69. The smallest absolute Gasteiger partial charge is 0.236 e. The van der Waals surface area contributed by atoms with Crippen LogP contribution in [0, 0.1) is 3.57 Å². The summed E-state index contributed by atoms with van der Waals surface area (Å²) in [5.74, 6) is 0.339. The lowest BCUT2D eigenvalue weighted by atomic mass is 10.2. The van der Waals surface area contributed by atoms with Crippen molar-refractivity contribution in [2.75, 3.05) is 0 Å². The van der Waals surface area contributed by atoms with Gasteiger partial charge in [-0.05, 0) is 73.9 Å². The maximum Gasteiger partial charge on any atom is 0.236 e. The Labute approximate surface area is 161 Å². The van der Waals surface area contributed by atoms with Gasteiger partial charge in [0.05, 0.1) is 15.7 Å². The van der Waals surface area contributed by atoms with E-state index in [2.05, 4.69) is 49.0 Å². The number of hydrogen-bond acceptors (Lipinski definition) is 3. The van der Waals surface area contributed by atoms with Gasteiger partial charge in [0.15, 0.2) is 5.75 Å². The number of halogens is 3. The number of ether oxygens (including phenoxy) is 1. The van der Waals surface area contributed by atoms with Gasteiger partial charge in [0.1, 0.15) is 6.61 Å². The highest BCUT2D eigenvalue weighted by atomic mass is 127. The van der Waals surface area contributed by atoms with E-state index in [1.54, 1.807) is 6.07 Å². The van der Waals surface area contributed by atoms with Crippen LogP contribution in [0.25, 0.3) is 0 Å². The van der Waals surface area contributed by atoms with Crippen LogP contribution >= 0.6 is 50.1 Å². The van der Waals surface area contributed by atoms with Crippen LogP contribution in [0.15, 0.2) is 46.0 Å². The van der Waals surface area contributed by atoms with Gasteiger partial charge < -0.3 is 4.74 Å². The van der Waals surface area contributed by atoms with Gasteiger partial charge >= 0.3 is 0 Å². The van der Waals surface area contributed by atoms with Crippen molar-refractivity contribution in [3.63, 3.8) is 0 Å². The molecule has 120 valence electrons. The van der Waals surface area contributed by atoms with Gasteiger partial charge in [0, 0.05) is 10.5 Å². The van der Waals surface area contributed by atoms with Crippen molar-refractivity contribution in [1.82, 2.24) is 5.43 Å². The maximum atomic E-state index is 10.8. The summed E-state index contributed by atoms with van der Waals surface area (Å²) in [6.07, 6.45) is 1.51. The summed E-state index contributed by atoms with van der Waals surface area (Å²) in [5, 5.41) is 4.28. The van der Waals surface area contributed by atoms with E-state index in [0.717, 1.165) is 15.6 Å². The minimum absolute atomic E-state index is 0.233. The van der Waals surface area contributed by atoms with Gasteiger partial charge in [0.2, 0.25) is 5.91 Å². The molecule has 0 radical (unpaired) electrons. The Balaban J connectivity index is 2.09. The molecule has 1 N–H and O–H groups in total. The molecule has 0 atom stereocenters. The molecule has 0 heterocycles. The van der Waals surface area contributed by atoms with E-state index >= 15 is 0 Å². The topological polar surface area (TPSA) is 50.7 Å². The summed E-state index contributed by atoms with van der Waals surface area (Å²) in [6, 6.07) is 11.6. The summed E-state index contributed by atoms with van der Waals surface area (Å²) in [7, 11) is 0. The number of hydrazone groups is 1. The summed E-state index contributed by atoms with van der Waals surface area (Å²) in [4.78, 5) is 10.8. The quantitative estimate of drug-likeness (QED) is 0.361. The molecule has 0 spiro atoms. The lowest BCUT2D eigenvalue weighted by molar-refractivity contribution is -0.118. The molecule has 0 fully saturated rings. The minimum Gasteiger partial charge on any atom is -0.486 e. The Hall–Kier alpha value is -1.12. The van der Waals surface area contributed by atoms with Gasteiger partial charge in [-0.3, -0.25) is 4.79 Å². The number of hydrogen-bond donors (Lipinski definition) is 1. The van der Waals surface area contributed by atoms with Crippen LogP contribution in [0.4, 0.5) is 0 Å². The molecule has 4 nitrogen and oxygen atoms in total. The number of carbonyl (C=O) groups is 1. The largest absolute Gasteiger partial charge is 0.486 e. The third-order valence-corrected chi connectivity index (χ3v) is 4.34. The number of nitrogens with one attached hydrogen (secondary N) is 1. The van der Waals surface area contributed by atoms with Crippen LogP contribution in [0.5, 0.6) is 5.75 Å². The second kappa shape index (κ2) is 8.65. The summed E-state index contributed by atoms with van der Waals surface area (Å²) in [6.45, 7) is 1.82. The second-order valence-corrected chi connectivity index (χ2v) is 7.16. The number of nitrogens with zero attached hydrogens (tertiary/aromatic N) is 1. The van der Waals surface area contributed by atoms with Crippen LogP contribution < -0.4 is 10.2 Å². The van der Waals surface area contributed by atoms with Gasteiger partial charge in [-0.25, -0.2) is 5.43 Å². The van der Waals surface area contributed by atoms with Crippen LogP contribution in [-0.2, 0) is 11.4 Å². The maximum absolute atomic E-state index is 10.8. The van der Waals surface area contributed by atoms with Gasteiger partial charge in [0.25, 0.3) is 0 Å². The zero-order chi connectivity index (χ0) is 16.8. The zero-order valence-corrected chi connectivity index (χ0v) is 16.6. The highest BCUT2D eigenvalue weighted by Crippen LogP contribution is 2.34. The van der Waals surface area contributed by atoms with Crippen molar-refractivity contribution in [2.24, 2.45) is 5.10 Å². The molecule has 0 aromatic heterocycles. The SMILES string of the molecule is CC(=O)N/N=C\c1cc(Cl)c(OCc2ccc(I)cc2)c(Br)c1. The molecule has 0 bridgehead atoms. The molecule has 2 rings (SSSR count). The molecule has 7 heteroatoms. The molecule has 0 aliphatic heterocycles. The summed E-state index contributed by atoms with van der Waals surface area (Å²) >= 11 is 12.0. The van der Waals surface area contributed by atoms with Crippen LogP contribution in [-0.4, -0.2) is 12.1 Å². The van der Waals surface area contributed by atoms with Crippen molar-refractivity contribution in [1.29, 1.82) is 0 Å². The molecule has 0 aliphatic rings. The van der Waals surface area contributed by atoms with E-state index in [1.807, 2.05) is 30.3 Å². The van der Waals surface area contributed by atoms with Crippen molar-refractivity contribution in [2.45, 2.75) is 13.5 Å². The predicted octanol–water partition coefficient (Wildman–Crippen LogP) is 4.76. The second-order valence-electron chi connectivity index (χ2n) is 4.66. The molecule has 0 saturated heterocycles. The lowest BCUT2D eigenvalue weighted by Gasteiger charge is -2.11. The molecular weight excluding hydrogens is 494 g/mol. The van der Waals surface area contributed by atoms with Crippen molar-refractivity contribution in [3.8, 4) is 5.75 Å². The van der Waals surface area contributed by atoms with E-state index in [-0.39, 0.29) is 5.91 Å². The molecule has 23 heavy (non-hydrogen) atoms. The Morgan fingerprint density at radius 3 is 2.70 bits per heavy atom. The monoisotopic (exact) mass is 506 g/mol. The number of benzene rings is 2. The Morgan fingerprint density at radius 2 is 2.09 bits per heavy atom. The van der Waals surface area contributed by atoms with Gasteiger partial charge in [-0.2, -0.15) is 5.10 Å². The first-order chi connectivity index (χ1) is 11.0. The number of carbonyl (C=O) groups excluding carboxylic acids is 1. The molecular formula is C16H13BrClIN2O2. The van der Waals surface area contributed by atoms with Crippen LogP contribution in [0.2, 0.25) is 5.02 Å². The van der Waals surface area contributed by atoms with E-state index in [9.17, 15) is 4.79 Å². The number of amides is 1. The highest BCUT2D eigenvalue weighted by Gasteiger charge is 2.09. The average Bonchev–Trinajstić information content (AvgIpc) is 2.48. The molecule has 0 aliphatic carbocycles. The van der Waals surface area contributed by atoms with Crippen molar-refractivity contribution >= 4 is 62.2 Å². The first-order valence-electron chi connectivity index (χ1n) is 6.61. The first-order valence-corrected chi connectivity index (χ1v) is 8.86. The van der Waals surface area contributed by atoms with Gasteiger partial charge in [-0.1, -0.05) is 23.7 Å². The highest BCUT2D eigenvalue weighted by molar-refractivity contribution is 14.1. The normalized spacial score (nSPS) is 10.8. The van der Waals surface area contributed by atoms with E-state index in [1.165, 1.54) is 16.7 Å². The zero-order valence-electron chi connectivity index (χ0n) is 12.1. The fraction of sp³-hybridized carbons (Fsp3) is 0.125. The predicted molar refractivity (Wildman–Crippen MR) is 104 cm³/mol. The van der Waals surface area contributed by atoms with E-state index < -0.39 is 0 Å². The van der Waals surface area contributed by atoms with E-state index in [4.69, 9.17) is 16.3 Å². The third kappa shape index (κ3) is 5.78. The minimum atomic E-state index is -0.233. The Morgan fingerprint density at radius 1 is 1.39 bits per heavy atom. The Kier molecular flexibility index (Phi) is 6.86. The van der Waals surface area contributed by atoms with Gasteiger partial charge in [-0.15, -0.1) is 0 Å². The molecule has 2 aromatic rings.